The van der Waals surface area contributed by atoms with Gasteiger partial charge in [0.15, 0.2) is 0 Å². The summed E-state index contributed by atoms with van der Waals surface area (Å²) in [5, 5.41) is 10.5. The number of hydrogen-bond donors (Lipinski definition) is 2. The summed E-state index contributed by atoms with van der Waals surface area (Å²) in [6, 6.07) is 10.3. The maximum Gasteiger partial charge on any atom is 0.0884 e. The van der Waals surface area contributed by atoms with Crippen molar-refractivity contribution in [2.45, 2.75) is 129 Å². The van der Waals surface area contributed by atoms with Crippen molar-refractivity contribution in [1.29, 1.82) is 0 Å². The van der Waals surface area contributed by atoms with E-state index in [0.717, 1.165) is 25.8 Å². The summed E-state index contributed by atoms with van der Waals surface area (Å²) >= 11 is 1.28. The molecule has 1 aromatic rings. The van der Waals surface area contributed by atoms with Crippen molar-refractivity contribution in [1.82, 2.24) is 4.72 Å². The van der Waals surface area contributed by atoms with Crippen LogP contribution in [0.1, 0.15) is 116 Å². The van der Waals surface area contributed by atoms with Crippen molar-refractivity contribution in [2.75, 3.05) is 13.2 Å². The Morgan fingerprint density at radius 1 is 0.818 bits per heavy atom. The van der Waals surface area contributed by atoms with Crippen LogP contribution >= 0.6 is 12.2 Å². The molecule has 1 rings (SSSR count). The predicted octanol–water partition coefficient (Wildman–Crippen LogP) is 7.99. The van der Waals surface area contributed by atoms with Crippen molar-refractivity contribution < 1.29 is 14.0 Å². The molecule has 1 aromatic carbocycles. The summed E-state index contributed by atoms with van der Waals surface area (Å²) in [6.07, 6.45) is 17.3. The van der Waals surface area contributed by atoms with E-state index < -0.39 is 11.7 Å². The molecule has 33 heavy (non-hydrogen) atoms. The third-order valence-electron chi connectivity index (χ3n) is 6.22. The lowest BCUT2D eigenvalue weighted by Crippen LogP contribution is -2.39. The second-order valence-electron chi connectivity index (χ2n) is 9.71. The molecule has 0 saturated heterocycles. The summed E-state index contributed by atoms with van der Waals surface area (Å²) in [5.41, 5.74) is 0.733. The van der Waals surface area contributed by atoms with Crippen LogP contribution in [-0.4, -0.2) is 30.0 Å². The lowest BCUT2D eigenvalue weighted by atomic mass is 9.95. The van der Waals surface area contributed by atoms with Crippen molar-refractivity contribution in [3.8, 4) is 0 Å². The maximum absolute atomic E-state index is 10.5. The molecule has 0 fully saturated rings. The Hall–Kier alpha value is -0.590. The van der Waals surface area contributed by atoms with Crippen LogP contribution < -0.4 is 4.72 Å². The topological polar surface area (TPSA) is 50.7 Å². The van der Waals surface area contributed by atoms with E-state index in [1.165, 1.54) is 88.4 Å². The molecule has 0 amide bonds. The second kappa shape index (κ2) is 20.8. The minimum atomic E-state index is -0.503. The summed E-state index contributed by atoms with van der Waals surface area (Å²) in [4.78, 5) is 0. The van der Waals surface area contributed by atoms with Gasteiger partial charge in [0, 0.05) is 13.2 Å². The van der Waals surface area contributed by atoms with Gasteiger partial charge in [0.25, 0.3) is 0 Å². The normalized spacial score (nSPS) is 12.8. The second-order valence-corrected chi connectivity index (χ2v) is 10.4. The fourth-order valence-corrected chi connectivity index (χ4v) is 4.38. The molecular weight excluding hydrogens is 430 g/mol. The first-order valence-corrected chi connectivity index (χ1v) is 14.2. The molecule has 0 aliphatic rings. The summed E-state index contributed by atoms with van der Waals surface area (Å²) in [5.74, 6) is 0. The van der Waals surface area contributed by atoms with Crippen molar-refractivity contribution in [3.05, 3.63) is 35.9 Å². The van der Waals surface area contributed by atoms with Gasteiger partial charge in [0.1, 0.15) is 0 Å². The van der Waals surface area contributed by atoms with Crippen LogP contribution in [0.2, 0.25) is 0 Å². The van der Waals surface area contributed by atoms with E-state index in [2.05, 4.69) is 23.8 Å². The van der Waals surface area contributed by atoms with E-state index in [9.17, 15) is 5.11 Å². The first-order chi connectivity index (χ1) is 16.1. The van der Waals surface area contributed by atoms with E-state index in [-0.39, 0.29) is 0 Å². The van der Waals surface area contributed by atoms with Crippen LogP contribution in [0, 0.1) is 0 Å². The highest BCUT2D eigenvalue weighted by Crippen LogP contribution is 2.21. The van der Waals surface area contributed by atoms with E-state index in [1.54, 1.807) is 0 Å². The number of hydrogen-bond acceptors (Lipinski definition) is 5. The van der Waals surface area contributed by atoms with E-state index in [4.69, 9.17) is 8.92 Å². The average molecular weight is 482 g/mol. The first kappa shape index (κ1) is 30.4. The van der Waals surface area contributed by atoms with Crippen LogP contribution in [0.15, 0.2) is 30.3 Å². The van der Waals surface area contributed by atoms with Crippen LogP contribution in [0.25, 0.3) is 0 Å². The molecule has 2 N–H and O–H groups in total. The zero-order chi connectivity index (χ0) is 24.0. The van der Waals surface area contributed by atoms with Crippen LogP contribution in [0.4, 0.5) is 0 Å². The summed E-state index contributed by atoms with van der Waals surface area (Å²) in [7, 11) is 0. The lowest BCUT2D eigenvalue weighted by Gasteiger charge is -2.31. The fraction of sp³-hybridized carbons (Fsp3) is 0.786. The summed E-state index contributed by atoms with van der Waals surface area (Å²) < 4.78 is 14.7. The highest BCUT2D eigenvalue weighted by Gasteiger charge is 2.27. The average Bonchev–Trinajstić information content (AvgIpc) is 2.82. The molecule has 192 valence electrons. The molecule has 0 aliphatic heterocycles. The van der Waals surface area contributed by atoms with Gasteiger partial charge in [0.05, 0.1) is 30.5 Å². The van der Waals surface area contributed by atoms with Gasteiger partial charge in [-0.1, -0.05) is 114 Å². The molecule has 0 bridgehead atoms. The Balaban J connectivity index is 1.90. The van der Waals surface area contributed by atoms with Crippen molar-refractivity contribution in [2.24, 2.45) is 0 Å². The number of unbranched alkanes of at least 4 members (excludes halogenated alkanes) is 11. The van der Waals surface area contributed by atoms with Crippen LogP contribution in [-0.2, 0) is 15.5 Å². The Labute approximate surface area is 208 Å². The van der Waals surface area contributed by atoms with Gasteiger partial charge in [-0.2, -0.15) is 0 Å². The molecule has 0 heterocycles. The molecule has 0 saturated carbocycles. The predicted molar refractivity (Wildman–Crippen MR) is 143 cm³/mol. The monoisotopic (exact) mass is 481 g/mol. The van der Waals surface area contributed by atoms with Gasteiger partial charge >= 0.3 is 0 Å². The van der Waals surface area contributed by atoms with Gasteiger partial charge in [-0.25, -0.2) is 4.72 Å². The molecule has 1 atom stereocenters. The quantitative estimate of drug-likeness (QED) is 0.0942. The van der Waals surface area contributed by atoms with Crippen LogP contribution in [0.5, 0.6) is 0 Å². The molecule has 0 aliphatic carbocycles. The SMILES string of the molecule is CCCCCCCCCCCCCCC(O)C(C)(C)OCCCOSNCc1ccccc1. The zero-order valence-electron chi connectivity index (χ0n) is 21.7. The largest absolute Gasteiger partial charge is 0.390 e. The lowest BCUT2D eigenvalue weighted by molar-refractivity contribution is -0.105. The van der Waals surface area contributed by atoms with Crippen molar-refractivity contribution in [3.63, 3.8) is 0 Å². The van der Waals surface area contributed by atoms with Gasteiger partial charge in [-0.05, 0) is 32.3 Å². The first-order valence-electron chi connectivity index (χ1n) is 13.4. The Kier molecular flexibility index (Phi) is 19.1. The van der Waals surface area contributed by atoms with E-state index in [0.29, 0.717) is 13.2 Å². The smallest absolute Gasteiger partial charge is 0.0884 e. The summed E-state index contributed by atoms with van der Waals surface area (Å²) in [6.45, 7) is 8.26. The zero-order valence-corrected chi connectivity index (χ0v) is 22.5. The Morgan fingerprint density at radius 3 is 2.00 bits per heavy atom. The number of nitrogens with one attached hydrogen (secondary N) is 1. The fourth-order valence-electron chi connectivity index (χ4n) is 3.87. The number of aliphatic hydroxyl groups is 1. The maximum atomic E-state index is 10.5. The molecular formula is C28H51NO3S. The van der Waals surface area contributed by atoms with Gasteiger partial charge in [0.2, 0.25) is 0 Å². The van der Waals surface area contributed by atoms with E-state index in [1.807, 2.05) is 32.0 Å². The number of ether oxygens (including phenoxy) is 1. The number of aliphatic hydroxyl groups excluding tert-OH is 1. The molecule has 1 unspecified atom stereocenters. The molecule has 0 aromatic heterocycles. The highest BCUT2D eigenvalue weighted by atomic mass is 32.2. The van der Waals surface area contributed by atoms with E-state index >= 15 is 0 Å². The molecule has 0 spiro atoms. The highest BCUT2D eigenvalue weighted by molar-refractivity contribution is 7.92. The Bertz CT molecular complexity index is 541. The van der Waals surface area contributed by atoms with Gasteiger partial charge in [-0.15, -0.1) is 0 Å². The third-order valence-corrected chi connectivity index (χ3v) is 6.76. The molecule has 5 heteroatoms. The molecule has 0 radical (unpaired) electrons. The molecule has 4 nitrogen and oxygen atoms in total. The number of benzene rings is 1. The third kappa shape index (κ3) is 17.5. The van der Waals surface area contributed by atoms with Crippen LogP contribution in [0.3, 0.4) is 0 Å². The standard InChI is InChI=1S/C28H51NO3S/c1-4-5-6-7-8-9-10-11-12-13-14-18-22-27(30)28(2,3)31-23-19-24-32-33-29-25-26-20-16-15-17-21-26/h15-17,20-21,27,29-30H,4-14,18-19,22-25H2,1-3H3. The minimum absolute atomic E-state index is 0.413. The van der Waals surface area contributed by atoms with Crippen molar-refractivity contribution >= 4 is 12.2 Å². The minimum Gasteiger partial charge on any atom is -0.390 e. The number of rotatable bonds is 23. The van der Waals surface area contributed by atoms with Gasteiger partial charge < -0.3 is 14.0 Å². The Morgan fingerprint density at radius 2 is 1.39 bits per heavy atom. The van der Waals surface area contributed by atoms with Gasteiger partial charge in [-0.3, -0.25) is 0 Å².